The molecule has 0 unspecified atom stereocenters. The number of nitrogens with one attached hydrogen (secondary N) is 1. The van der Waals surface area contributed by atoms with Crippen molar-refractivity contribution < 1.29 is 14.3 Å². The van der Waals surface area contributed by atoms with Crippen molar-refractivity contribution in [3.8, 4) is 11.5 Å². The lowest BCUT2D eigenvalue weighted by molar-refractivity contribution is -0.124. The van der Waals surface area contributed by atoms with Crippen LogP contribution in [0.25, 0.3) is 0 Å². The summed E-state index contributed by atoms with van der Waals surface area (Å²) in [7, 11) is 1.58. The zero-order valence-electron chi connectivity index (χ0n) is 11.9. The second-order valence-corrected chi connectivity index (χ2v) is 5.31. The van der Waals surface area contributed by atoms with Gasteiger partial charge >= 0.3 is 0 Å². The largest absolute Gasteiger partial charge is 0.497 e. The molecule has 106 valence electrons. The molecule has 0 fully saturated rings. The minimum absolute atomic E-state index is 0.0333. The molecule has 0 aliphatic heterocycles. The molecule has 0 aromatic heterocycles. The van der Waals surface area contributed by atoms with Gasteiger partial charge in [-0.15, -0.1) is 0 Å². The van der Waals surface area contributed by atoms with Crippen LogP contribution in [0.3, 0.4) is 0 Å². The Morgan fingerprint density at radius 3 is 2.42 bits per heavy atom. The SMILES string of the molecule is COc1cc(CN)cc(OCC(=O)NC(C)(C)C)c1. The smallest absolute Gasteiger partial charge is 0.258 e. The van der Waals surface area contributed by atoms with Crippen LogP contribution in [0.15, 0.2) is 18.2 Å². The van der Waals surface area contributed by atoms with E-state index in [1.807, 2.05) is 26.8 Å². The molecule has 1 aromatic carbocycles. The molecule has 0 aliphatic carbocycles. The van der Waals surface area contributed by atoms with E-state index in [-0.39, 0.29) is 18.1 Å². The predicted molar refractivity (Wildman–Crippen MR) is 74.3 cm³/mol. The number of methoxy groups -OCH3 is 1. The van der Waals surface area contributed by atoms with Crippen LogP contribution in [-0.2, 0) is 11.3 Å². The van der Waals surface area contributed by atoms with E-state index < -0.39 is 0 Å². The maximum absolute atomic E-state index is 11.6. The fourth-order valence-electron chi connectivity index (χ4n) is 1.55. The average molecular weight is 266 g/mol. The Balaban J connectivity index is 2.64. The highest BCUT2D eigenvalue weighted by Crippen LogP contribution is 2.22. The van der Waals surface area contributed by atoms with E-state index in [1.165, 1.54) is 0 Å². The fraction of sp³-hybridized carbons (Fsp3) is 0.500. The molecule has 3 N–H and O–H groups in total. The standard InChI is InChI=1S/C14H22N2O3/c1-14(2,3)16-13(17)9-19-12-6-10(8-15)5-11(7-12)18-4/h5-7H,8-9,15H2,1-4H3,(H,16,17). The molecule has 0 spiro atoms. The molecule has 5 nitrogen and oxygen atoms in total. The first kappa shape index (κ1) is 15.3. The zero-order chi connectivity index (χ0) is 14.5. The van der Waals surface area contributed by atoms with Gasteiger partial charge in [0, 0.05) is 18.2 Å². The van der Waals surface area contributed by atoms with Crippen molar-refractivity contribution in [3.05, 3.63) is 23.8 Å². The lowest BCUT2D eigenvalue weighted by Gasteiger charge is -2.20. The maximum atomic E-state index is 11.6. The Kier molecular flexibility index (Phi) is 5.18. The number of hydrogen-bond acceptors (Lipinski definition) is 4. The molecule has 0 heterocycles. The summed E-state index contributed by atoms with van der Waals surface area (Å²) in [6.07, 6.45) is 0. The summed E-state index contributed by atoms with van der Waals surface area (Å²) in [4.78, 5) is 11.6. The van der Waals surface area contributed by atoms with Gasteiger partial charge in [0.15, 0.2) is 6.61 Å². The van der Waals surface area contributed by atoms with Gasteiger partial charge in [-0.2, -0.15) is 0 Å². The van der Waals surface area contributed by atoms with Crippen molar-refractivity contribution in [1.29, 1.82) is 0 Å². The maximum Gasteiger partial charge on any atom is 0.258 e. The minimum atomic E-state index is -0.267. The van der Waals surface area contributed by atoms with E-state index in [9.17, 15) is 4.79 Å². The van der Waals surface area contributed by atoms with E-state index >= 15 is 0 Å². The Morgan fingerprint density at radius 2 is 1.89 bits per heavy atom. The van der Waals surface area contributed by atoms with Crippen molar-refractivity contribution in [2.24, 2.45) is 5.73 Å². The Labute approximate surface area is 114 Å². The van der Waals surface area contributed by atoms with Gasteiger partial charge in [0.25, 0.3) is 5.91 Å². The first-order chi connectivity index (χ1) is 8.84. The first-order valence-corrected chi connectivity index (χ1v) is 6.16. The molecule has 0 saturated heterocycles. The van der Waals surface area contributed by atoms with Gasteiger partial charge in [0.2, 0.25) is 0 Å². The number of amides is 1. The molecule has 5 heteroatoms. The van der Waals surface area contributed by atoms with Gasteiger partial charge in [-0.25, -0.2) is 0 Å². The summed E-state index contributed by atoms with van der Waals surface area (Å²) in [5, 5.41) is 2.83. The molecule has 0 atom stereocenters. The number of benzene rings is 1. The highest BCUT2D eigenvalue weighted by molar-refractivity contribution is 5.78. The number of carbonyl (C=O) groups excluding carboxylic acids is 1. The molecular formula is C14H22N2O3. The third-order valence-corrected chi connectivity index (χ3v) is 2.30. The van der Waals surface area contributed by atoms with Crippen molar-refractivity contribution >= 4 is 5.91 Å². The monoisotopic (exact) mass is 266 g/mol. The van der Waals surface area contributed by atoms with E-state index in [2.05, 4.69) is 5.32 Å². The van der Waals surface area contributed by atoms with Crippen LogP contribution in [0.4, 0.5) is 0 Å². The molecule has 1 amide bonds. The third kappa shape index (κ3) is 5.61. The number of carbonyl (C=O) groups is 1. The summed E-state index contributed by atoms with van der Waals surface area (Å²) in [5.74, 6) is 1.07. The van der Waals surface area contributed by atoms with Crippen molar-refractivity contribution in [3.63, 3.8) is 0 Å². The normalized spacial score (nSPS) is 11.0. The predicted octanol–water partition coefficient (Wildman–Crippen LogP) is 1.45. The number of hydrogen-bond donors (Lipinski definition) is 2. The number of rotatable bonds is 5. The van der Waals surface area contributed by atoms with Gasteiger partial charge in [0.1, 0.15) is 11.5 Å². The van der Waals surface area contributed by atoms with E-state index in [1.54, 1.807) is 19.2 Å². The molecule has 19 heavy (non-hydrogen) atoms. The van der Waals surface area contributed by atoms with Gasteiger partial charge in [-0.05, 0) is 38.5 Å². The molecule has 0 aliphatic rings. The van der Waals surface area contributed by atoms with Crippen LogP contribution in [0, 0.1) is 0 Å². The first-order valence-electron chi connectivity index (χ1n) is 6.16. The van der Waals surface area contributed by atoms with Gasteiger partial charge in [-0.3, -0.25) is 4.79 Å². The number of ether oxygens (including phenoxy) is 2. The fourth-order valence-corrected chi connectivity index (χ4v) is 1.55. The average Bonchev–Trinajstić information content (AvgIpc) is 2.33. The highest BCUT2D eigenvalue weighted by Gasteiger charge is 2.14. The van der Waals surface area contributed by atoms with Crippen molar-refractivity contribution in [2.45, 2.75) is 32.9 Å². The molecule has 0 saturated carbocycles. The van der Waals surface area contributed by atoms with Crippen molar-refractivity contribution in [1.82, 2.24) is 5.32 Å². The molecule has 0 radical (unpaired) electrons. The second-order valence-electron chi connectivity index (χ2n) is 5.31. The van der Waals surface area contributed by atoms with Crippen LogP contribution in [-0.4, -0.2) is 25.2 Å². The summed E-state index contributed by atoms with van der Waals surface area (Å²) < 4.78 is 10.6. The lowest BCUT2D eigenvalue weighted by atomic mass is 10.1. The van der Waals surface area contributed by atoms with E-state index in [4.69, 9.17) is 15.2 Å². The van der Waals surface area contributed by atoms with Crippen LogP contribution < -0.4 is 20.5 Å². The lowest BCUT2D eigenvalue weighted by Crippen LogP contribution is -2.43. The molecule has 1 aromatic rings. The van der Waals surface area contributed by atoms with E-state index in [0.29, 0.717) is 18.0 Å². The Bertz CT molecular complexity index is 417. The van der Waals surface area contributed by atoms with Crippen LogP contribution in [0.1, 0.15) is 26.3 Å². The van der Waals surface area contributed by atoms with Crippen LogP contribution in [0.5, 0.6) is 11.5 Å². The summed E-state index contributed by atoms with van der Waals surface area (Å²) in [6, 6.07) is 5.36. The van der Waals surface area contributed by atoms with Gasteiger partial charge < -0.3 is 20.5 Å². The molecule has 0 bridgehead atoms. The highest BCUT2D eigenvalue weighted by atomic mass is 16.5. The van der Waals surface area contributed by atoms with Crippen molar-refractivity contribution in [2.75, 3.05) is 13.7 Å². The topological polar surface area (TPSA) is 73.6 Å². The van der Waals surface area contributed by atoms with Gasteiger partial charge in [-0.1, -0.05) is 0 Å². The summed E-state index contributed by atoms with van der Waals surface area (Å²) in [5.41, 5.74) is 6.22. The minimum Gasteiger partial charge on any atom is -0.497 e. The third-order valence-electron chi connectivity index (χ3n) is 2.30. The van der Waals surface area contributed by atoms with Crippen LogP contribution in [0.2, 0.25) is 0 Å². The Hall–Kier alpha value is -1.75. The second kappa shape index (κ2) is 6.43. The Morgan fingerprint density at radius 1 is 1.26 bits per heavy atom. The summed E-state index contributed by atoms with van der Waals surface area (Å²) in [6.45, 7) is 6.12. The molecular weight excluding hydrogens is 244 g/mol. The zero-order valence-corrected chi connectivity index (χ0v) is 11.9. The van der Waals surface area contributed by atoms with Gasteiger partial charge in [0.05, 0.1) is 7.11 Å². The van der Waals surface area contributed by atoms with Crippen LogP contribution >= 0.6 is 0 Å². The van der Waals surface area contributed by atoms with E-state index in [0.717, 1.165) is 5.56 Å². The quantitative estimate of drug-likeness (QED) is 0.846. The molecule has 1 rings (SSSR count). The summed E-state index contributed by atoms with van der Waals surface area (Å²) >= 11 is 0. The number of nitrogens with two attached hydrogens (primary N) is 1.